The van der Waals surface area contributed by atoms with E-state index in [2.05, 4.69) is 9.97 Å². The van der Waals surface area contributed by atoms with E-state index in [4.69, 9.17) is 27.2 Å². The zero-order valence-electron chi connectivity index (χ0n) is 19.1. The summed E-state index contributed by atoms with van der Waals surface area (Å²) in [5.74, 6) is -0.490. The fourth-order valence-corrected chi connectivity index (χ4v) is 5.15. The maximum Gasteiger partial charge on any atom is 0.320 e. The standard InChI is InChI=1S/C28H22ClN3O3S/c29-21-11-10-20(22(13-21)18-4-2-1-3-5-18)14-35-27-26-25(31-16-32-27)23(15-36-26)19-8-6-17(7-9-19)12-24(30)28(33)34/h1-11,13,15-16,24H,12,14,30H2,(H,33,34). The number of nitrogens with zero attached hydrogens (tertiary/aromatic N) is 2. The molecule has 0 aliphatic carbocycles. The molecule has 0 saturated heterocycles. The predicted octanol–water partition coefficient (Wildman–Crippen LogP) is 6.21. The molecule has 2 heterocycles. The summed E-state index contributed by atoms with van der Waals surface area (Å²) in [7, 11) is 0. The molecule has 0 radical (unpaired) electrons. The maximum absolute atomic E-state index is 11.0. The minimum atomic E-state index is -1.01. The van der Waals surface area contributed by atoms with Crippen LogP contribution in [0.1, 0.15) is 11.1 Å². The first-order valence-electron chi connectivity index (χ1n) is 11.3. The van der Waals surface area contributed by atoms with Gasteiger partial charge in [0.1, 0.15) is 23.7 Å². The van der Waals surface area contributed by atoms with Crippen molar-refractivity contribution in [3.8, 4) is 28.1 Å². The minimum Gasteiger partial charge on any atom is -0.480 e. The number of rotatable bonds is 8. The molecule has 36 heavy (non-hydrogen) atoms. The first kappa shape index (κ1) is 23.9. The summed E-state index contributed by atoms with van der Waals surface area (Å²) in [6.45, 7) is 0.333. The van der Waals surface area contributed by atoms with Gasteiger partial charge < -0.3 is 15.6 Å². The van der Waals surface area contributed by atoms with Gasteiger partial charge in [-0.15, -0.1) is 11.3 Å². The van der Waals surface area contributed by atoms with Gasteiger partial charge in [-0.1, -0.05) is 72.3 Å². The van der Waals surface area contributed by atoms with Gasteiger partial charge in [0, 0.05) is 16.0 Å². The molecule has 180 valence electrons. The number of carboxylic acids is 1. The van der Waals surface area contributed by atoms with Crippen molar-refractivity contribution in [2.24, 2.45) is 5.73 Å². The molecule has 1 atom stereocenters. The molecule has 3 N–H and O–H groups in total. The van der Waals surface area contributed by atoms with Crippen molar-refractivity contribution in [2.45, 2.75) is 19.1 Å². The lowest BCUT2D eigenvalue weighted by atomic mass is 10.0. The van der Waals surface area contributed by atoms with Crippen LogP contribution < -0.4 is 10.5 Å². The number of thiophene rings is 1. The number of fused-ring (bicyclic) bond motifs is 1. The number of carboxylic acid groups (broad SMARTS) is 1. The number of ether oxygens (including phenoxy) is 1. The van der Waals surface area contributed by atoms with Gasteiger partial charge in [-0.3, -0.25) is 4.79 Å². The van der Waals surface area contributed by atoms with E-state index in [0.29, 0.717) is 17.5 Å². The normalized spacial score (nSPS) is 11.9. The lowest BCUT2D eigenvalue weighted by molar-refractivity contribution is -0.138. The van der Waals surface area contributed by atoms with Crippen LogP contribution in [-0.2, 0) is 17.8 Å². The third-order valence-electron chi connectivity index (χ3n) is 5.88. The quantitative estimate of drug-likeness (QED) is 0.255. The van der Waals surface area contributed by atoms with Gasteiger partial charge in [0.2, 0.25) is 5.88 Å². The molecule has 2 aromatic heterocycles. The number of benzene rings is 3. The van der Waals surface area contributed by atoms with E-state index in [-0.39, 0.29) is 6.42 Å². The summed E-state index contributed by atoms with van der Waals surface area (Å²) >= 11 is 7.80. The molecule has 0 fully saturated rings. The van der Waals surface area contributed by atoms with Crippen LogP contribution in [-0.4, -0.2) is 27.1 Å². The number of aliphatic carboxylic acids is 1. The molecule has 3 aromatic carbocycles. The second-order valence-electron chi connectivity index (χ2n) is 8.31. The van der Waals surface area contributed by atoms with Crippen LogP contribution in [0, 0.1) is 0 Å². The van der Waals surface area contributed by atoms with Gasteiger partial charge in [0.25, 0.3) is 0 Å². The van der Waals surface area contributed by atoms with Crippen LogP contribution in [0.25, 0.3) is 32.5 Å². The Kier molecular flexibility index (Phi) is 6.95. The predicted molar refractivity (Wildman–Crippen MR) is 143 cm³/mol. The van der Waals surface area contributed by atoms with Crippen molar-refractivity contribution in [2.75, 3.05) is 0 Å². The third kappa shape index (κ3) is 5.09. The van der Waals surface area contributed by atoms with Crippen molar-refractivity contribution < 1.29 is 14.6 Å². The summed E-state index contributed by atoms with van der Waals surface area (Å²) in [5, 5.41) is 11.7. The van der Waals surface area contributed by atoms with E-state index >= 15 is 0 Å². The number of halogens is 1. The van der Waals surface area contributed by atoms with Gasteiger partial charge in [0.15, 0.2) is 0 Å². The molecule has 0 amide bonds. The highest BCUT2D eigenvalue weighted by atomic mass is 35.5. The zero-order chi connectivity index (χ0) is 25.1. The Bertz CT molecular complexity index is 1520. The monoisotopic (exact) mass is 515 g/mol. The highest BCUT2D eigenvalue weighted by Crippen LogP contribution is 2.37. The fourth-order valence-electron chi connectivity index (χ4n) is 4.01. The molecule has 0 saturated carbocycles. The first-order chi connectivity index (χ1) is 17.5. The number of hydrogen-bond donors (Lipinski definition) is 2. The van der Waals surface area contributed by atoms with E-state index in [1.165, 1.54) is 17.7 Å². The molecular formula is C28H22ClN3O3S. The third-order valence-corrected chi connectivity index (χ3v) is 7.07. The van der Waals surface area contributed by atoms with Crippen molar-refractivity contribution in [3.05, 3.63) is 101 Å². The Morgan fingerprint density at radius 2 is 1.75 bits per heavy atom. The summed E-state index contributed by atoms with van der Waals surface area (Å²) in [5.41, 5.74) is 12.4. The second-order valence-corrected chi connectivity index (χ2v) is 9.62. The largest absolute Gasteiger partial charge is 0.480 e. The molecular weight excluding hydrogens is 494 g/mol. The van der Waals surface area contributed by atoms with Crippen molar-refractivity contribution >= 4 is 39.1 Å². The molecule has 6 nitrogen and oxygen atoms in total. The molecule has 5 rings (SSSR count). The van der Waals surface area contributed by atoms with Crippen molar-refractivity contribution in [3.63, 3.8) is 0 Å². The fraction of sp³-hybridized carbons (Fsp3) is 0.107. The smallest absolute Gasteiger partial charge is 0.320 e. The minimum absolute atomic E-state index is 0.274. The van der Waals surface area contributed by atoms with Crippen LogP contribution in [0.15, 0.2) is 84.5 Å². The Balaban J connectivity index is 1.39. The summed E-state index contributed by atoms with van der Waals surface area (Å²) in [6.07, 6.45) is 1.78. The summed E-state index contributed by atoms with van der Waals surface area (Å²) in [6, 6.07) is 22.6. The molecule has 5 aromatic rings. The van der Waals surface area contributed by atoms with Crippen molar-refractivity contribution in [1.29, 1.82) is 0 Å². The number of nitrogens with two attached hydrogens (primary N) is 1. The molecule has 8 heteroatoms. The average molecular weight is 516 g/mol. The van der Waals surface area contributed by atoms with Crippen LogP contribution in [0.2, 0.25) is 5.02 Å². The number of hydrogen-bond acceptors (Lipinski definition) is 6. The second kappa shape index (κ2) is 10.5. The zero-order valence-corrected chi connectivity index (χ0v) is 20.7. The molecule has 0 spiro atoms. The van der Waals surface area contributed by atoms with Crippen LogP contribution in [0.3, 0.4) is 0 Å². The Labute approximate surface area is 217 Å². The van der Waals surface area contributed by atoms with Gasteiger partial charge >= 0.3 is 5.97 Å². The Morgan fingerprint density at radius 3 is 2.50 bits per heavy atom. The van der Waals surface area contributed by atoms with Gasteiger partial charge in [-0.2, -0.15) is 0 Å². The lowest BCUT2D eigenvalue weighted by Crippen LogP contribution is -2.32. The molecule has 0 bridgehead atoms. The van der Waals surface area contributed by atoms with E-state index in [0.717, 1.165) is 43.6 Å². The highest BCUT2D eigenvalue weighted by molar-refractivity contribution is 7.18. The molecule has 1 unspecified atom stereocenters. The summed E-state index contributed by atoms with van der Waals surface area (Å²) < 4.78 is 7.05. The maximum atomic E-state index is 11.0. The number of carbonyl (C=O) groups is 1. The highest BCUT2D eigenvalue weighted by Gasteiger charge is 2.16. The van der Waals surface area contributed by atoms with Gasteiger partial charge in [0.05, 0.1) is 5.52 Å². The Hall–Kier alpha value is -3.78. The number of aromatic nitrogens is 2. The van der Waals surface area contributed by atoms with Crippen LogP contribution in [0.5, 0.6) is 5.88 Å². The summed E-state index contributed by atoms with van der Waals surface area (Å²) in [4.78, 5) is 19.9. The van der Waals surface area contributed by atoms with E-state index in [1.807, 2.05) is 78.2 Å². The molecule has 0 aliphatic rings. The van der Waals surface area contributed by atoms with Gasteiger partial charge in [-0.05, 0) is 46.4 Å². The van der Waals surface area contributed by atoms with E-state index in [9.17, 15) is 4.79 Å². The topological polar surface area (TPSA) is 98.3 Å². The van der Waals surface area contributed by atoms with E-state index in [1.54, 1.807) is 0 Å². The SMILES string of the molecule is NC(Cc1ccc(-c2csc3c(OCc4ccc(Cl)cc4-c4ccccc4)ncnc23)cc1)C(=O)O. The molecule has 0 aliphatic heterocycles. The van der Waals surface area contributed by atoms with Crippen LogP contribution in [0.4, 0.5) is 0 Å². The lowest BCUT2D eigenvalue weighted by Gasteiger charge is -2.12. The van der Waals surface area contributed by atoms with E-state index < -0.39 is 12.0 Å². The first-order valence-corrected chi connectivity index (χ1v) is 12.5. The van der Waals surface area contributed by atoms with Crippen LogP contribution >= 0.6 is 22.9 Å². The van der Waals surface area contributed by atoms with Gasteiger partial charge in [-0.25, -0.2) is 9.97 Å². The average Bonchev–Trinajstić information content (AvgIpc) is 3.34. The van der Waals surface area contributed by atoms with Crippen molar-refractivity contribution in [1.82, 2.24) is 9.97 Å². The Morgan fingerprint density at radius 1 is 1.00 bits per heavy atom.